The number of carbonyl (C=O) groups is 1. The summed E-state index contributed by atoms with van der Waals surface area (Å²) >= 11 is 0. The van der Waals surface area contributed by atoms with Gasteiger partial charge < -0.3 is 4.43 Å². The van der Waals surface area contributed by atoms with E-state index in [1.807, 2.05) is 0 Å². The zero-order valence-corrected chi connectivity index (χ0v) is 28.2. The summed E-state index contributed by atoms with van der Waals surface area (Å²) < 4.78 is 6.83. The minimum absolute atomic E-state index is 0.0427. The number of rotatable bonds is 13. The first kappa shape index (κ1) is 32.0. The van der Waals surface area contributed by atoms with Gasteiger partial charge in [-0.2, -0.15) is 0 Å². The van der Waals surface area contributed by atoms with Crippen LogP contribution in [0.15, 0.2) is 43.0 Å². The second kappa shape index (κ2) is 15.5. The van der Waals surface area contributed by atoms with Crippen LogP contribution in [0.1, 0.15) is 129 Å². The smallest absolute Gasteiger partial charge is 0.300 e. The highest BCUT2D eigenvalue weighted by Crippen LogP contribution is 2.78. The lowest BCUT2D eigenvalue weighted by atomic mass is 9.87. The third-order valence-corrected chi connectivity index (χ3v) is 22.9. The fourth-order valence-electron chi connectivity index (χ4n) is 9.17. The third kappa shape index (κ3) is 7.16. The molecule has 2 nitrogen and oxygen atoms in total. The summed E-state index contributed by atoms with van der Waals surface area (Å²) in [6.45, 7) is 11.2. The van der Waals surface area contributed by atoms with Crippen molar-refractivity contribution in [3.05, 3.63) is 48.6 Å². The van der Waals surface area contributed by atoms with Gasteiger partial charge in [0.25, 0.3) is 14.3 Å². The van der Waals surface area contributed by atoms with Gasteiger partial charge in [-0.15, -0.1) is 6.58 Å². The molecule has 3 aliphatic carbocycles. The lowest BCUT2D eigenvalue weighted by Crippen LogP contribution is -2.45. The Labute approximate surface area is 249 Å². The largest absolute Gasteiger partial charge is 0.519 e. The van der Waals surface area contributed by atoms with E-state index in [9.17, 15) is 4.79 Å². The Balaban J connectivity index is 1.82. The van der Waals surface area contributed by atoms with Crippen LogP contribution >= 0.6 is 7.26 Å². The molecule has 1 aromatic carbocycles. The molecule has 0 amide bonds. The zero-order chi connectivity index (χ0) is 28.4. The lowest BCUT2D eigenvalue weighted by Gasteiger charge is -2.50. The minimum Gasteiger partial charge on any atom is -0.519 e. The van der Waals surface area contributed by atoms with Crippen LogP contribution in [0.25, 0.3) is 0 Å². The van der Waals surface area contributed by atoms with Crippen molar-refractivity contribution in [3.8, 4) is 0 Å². The van der Waals surface area contributed by atoms with Crippen molar-refractivity contribution in [2.45, 2.75) is 158 Å². The van der Waals surface area contributed by atoms with Crippen LogP contribution in [0.2, 0.25) is 18.1 Å². The summed E-state index contributed by atoms with van der Waals surface area (Å²) in [5, 5.41) is 0. The molecule has 224 valence electrons. The first-order valence-corrected chi connectivity index (χ1v) is 22.0. The van der Waals surface area contributed by atoms with Gasteiger partial charge in [0.1, 0.15) is 0 Å². The molecular formula is C36H60O2PSi+. The molecule has 3 fully saturated rings. The highest BCUT2D eigenvalue weighted by Gasteiger charge is 2.59. The Morgan fingerprint density at radius 1 is 0.800 bits per heavy atom. The van der Waals surface area contributed by atoms with E-state index in [-0.39, 0.29) is 17.8 Å². The van der Waals surface area contributed by atoms with Crippen LogP contribution in [0.4, 0.5) is 0 Å². The molecule has 0 aliphatic heterocycles. The Kier molecular flexibility index (Phi) is 12.4. The van der Waals surface area contributed by atoms with Gasteiger partial charge in [-0.05, 0) is 101 Å². The summed E-state index contributed by atoms with van der Waals surface area (Å²) in [6, 6.07) is 13.9. The highest BCUT2D eigenvalue weighted by atomic mass is 31.2. The van der Waals surface area contributed by atoms with Gasteiger partial charge in [-0.25, -0.2) is 0 Å². The van der Waals surface area contributed by atoms with E-state index in [1.54, 1.807) is 0 Å². The molecule has 3 aliphatic rings. The Morgan fingerprint density at radius 3 is 1.60 bits per heavy atom. The number of benzene rings is 1. The molecule has 0 aromatic heterocycles. The Bertz CT molecular complexity index is 841. The summed E-state index contributed by atoms with van der Waals surface area (Å²) in [4.78, 5) is 14.7. The summed E-state index contributed by atoms with van der Waals surface area (Å²) in [5.41, 5.74) is 3.86. The Hall–Kier alpha value is -0.923. The molecular weight excluding hydrogens is 523 g/mol. The normalized spacial score (nSPS) is 22.0. The van der Waals surface area contributed by atoms with E-state index in [1.165, 1.54) is 102 Å². The maximum atomic E-state index is 14.7. The standard InChI is InChI=1S/C36H60O2PSi/c1-5-34(30-21-13-9-14-22-30)35(36(37)38-40(6-2,7-3)8-4)29-39(31-23-15-10-16-24-31,32-25-17-11-18-26-32)33-27-19-12-20-28-33/h5,9,13-14,21-22,31-35H,1,6-8,10-12,15-20,23-29H2,2-4H3/q+1. The molecule has 1 aromatic rings. The van der Waals surface area contributed by atoms with Crippen LogP contribution in [0, 0.1) is 5.92 Å². The Morgan fingerprint density at radius 2 is 1.23 bits per heavy atom. The fourth-order valence-corrected chi connectivity index (χ4v) is 19.4. The SMILES string of the molecule is C=CC(c1ccccc1)C(C[P+](C1CCCCC1)(C1CCCCC1)C1CCCCC1)C(=O)O[Si](CC)(CC)CC. The fraction of sp³-hybridized carbons (Fsp3) is 0.750. The molecule has 0 radical (unpaired) electrons. The van der Waals surface area contributed by atoms with E-state index >= 15 is 0 Å². The summed E-state index contributed by atoms with van der Waals surface area (Å²) in [5.74, 6) is 0.0921. The maximum Gasteiger partial charge on any atom is 0.300 e. The van der Waals surface area contributed by atoms with Crippen molar-refractivity contribution in [2.24, 2.45) is 5.92 Å². The molecule has 4 heteroatoms. The second-order valence-corrected chi connectivity index (χ2v) is 22.7. The van der Waals surface area contributed by atoms with Gasteiger partial charge in [-0.1, -0.05) is 76.4 Å². The zero-order valence-electron chi connectivity index (χ0n) is 26.3. The van der Waals surface area contributed by atoms with Gasteiger partial charge in [0, 0.05) is 13.2 Å². The van der Waals surface area contributed by atoms with E-state index in [0.717, 1.165) is 41.3 Å². The summed E-state index contributed by atoms with van der Waals surface area (Å²) in [7, 11) is -3.51. The average Bonchev–Trinajstić information content (AvgIpc) is 3.03. The van der Waals surface area contributed by atoms with Crippen molar-refractivity contribution in [1.29, 1.82) is 0 Å². The van der Waals surface area contributed by atoms with Gasteiger partial charge in [-0.3, -0.25) is 4.79 Å². The van der Waals surface area contributed by atoms with E-state index < -0.39 is 15.6 Å². The summed E-state index contributed by atoms with van der Waals surface area (Å²) in [6.07, 6.45) is 24.4. The van der Waals surface area contributed by atoms with Crippen LogP contribution in [-0.4, -0.2) is 37.4 Å². The van der Waals surface area contributed by atoms with Crippen LogP contribution in [-0.2, 0) is 9.22 Å². The van der Waals surface area contributed by atoms with Crippen LogP contribution < -0.4 is 0 Å². The van der Waals surface area contributed by atoms with Crippen LogP contribution in [0.3, 0.4) is 0 Å². The molecule has 0 heterocycles. The predicted octanol–water partition coefficient (Wildman–Crippen LogP) is 11.1. The predicted molar refractivity (Wildman–Crippen MR) is 179 cm³/mol. The second-order valence-electron chi connectivity index (χ2n) is 13.5. The van der Waals surface area contributed by atoms with Gasteiger partial charge >= 0.3 is 0 Å². The van der Waals surface area contributed by atoms with Crippen molar-refractivity contribution in [2.75, 3.05) is 6.16 Å². The van der Waals surface area contributed by atoms with Gasteiger partial charge in [0.2, 0.25) is 0 Å². The number of allylic oxidation sites excluding steroid dienone is 1. The molecule has 40 heavy (non-hydrogen) atoms. The molecule has 0 saturated heterocycles. The molecule has 0 N–H and O–H groups in total. The van der Waals surface area contributed by atoms with Crippen molar-refractivity contribution >= 4 is 21.5 Å². The number of hydrogen-bond acceptors (Lipinski definition) is 2. The molecule has 2 unspecified atom stereocenters. The highest BCUT2D eigenvalue weighted by molar-refractivity contribution is 7.78. The van der Waals surface area contributed by atoms with Crippen molar-refractivity contribution in [3.63, 3.8) is 0 Å². The van der Waals surface area contributed by atoms with Crippen molar-refractivity contribution < 1.29 is 9.22 Å². The molecule has 3 saturated carbocycles. The third-order valence-electron chi connectivity index (χ3n) is 11.7. The first-order chi connectivity index (χ1) is 19.5. The monoisotopic (exact) mass is 583 g/mol. The van der Waals surface area contributed by atoms with Crippen molar-refractivity contribution in [1.82, 2.24) is 0 Å². The first-order valence-electron chi connectivity index (χ1n) is 17.3. The molecule has 0 spiro atoms. The van der Waals surface area contributed by atoms with Gasteiger partial charge in [0.15, 0.2) is 0 Å². The molecule has 2 atom stereocenters. The van der Waals surface area contributed by atoms with E-state index in [4.69, 9.17) is 4.43 Å². The topological polar surface area (TPSA) is 26.3 Å². The quantitative estimate of drug-likeness (QED) is 0.131. The average molecular weight is 584 g/mol. The maximum absolute atomic E-state index is 14.7. The number of hydrogen-bond donors (Lipinski definition) is 0. The molecule has 0 bridgehead atoms. The minimum atomic E-state index is -2.07. The number of carbonyl (C=O) groups excluding carboxylic acids is 1. The van der Waals surface area contributed by atoms with E-state index in [2.05, 4.69) is 63.8 Å². The molecule has 4 rings (SSSR count). The van der Waals surface area contributed by atoms with Gasteiger partial charge in [0.05, 0.1) is 29.1 Å². The lowest BCUT2D eigenvalue weighted by molar-refractivity contribution is -0.139. The van der Waals surface area contributed by atoms with E-state index in [0.29, 0.717) is 0 Å². The van der Waals surface area contributed by atoms with Crippen LogP contribution in [0.5, 0.6) is 0 Å².